The van der Waals surface area contributed by atoms with Crippen LogP contribution in [0.15, 0.2) is 28.8 Å². The van der Waals surface area contributed by atoms with Gasteiger partial charge in [-0.1, -0.05) is 36.3 Å². The monoisotopic (exact) mass is 476 g/mol. The molecule has 33 heavy (non-hydrogen) atoms. The fraction of sp³-hybridized carbons (Fsp3) is 0.609. The van der Waals surface area contributed by atoms with Gasteiger partial charge in [0.1, 0.15) is 5.75 Å². The highest BCUT2D eigenvalue weighted by Gasteiger charge is 2.37. The smallest absolute Gasteiger partial charge is 0.320 e. The molecule has 0 saturated carbocycles. The van der Waals surface area contributed by atoms with Crippen LogP contribution in [0.25, 0.3) is 0 Å². The molecule has 0 bridgehead atoms. The molecular weight excluding hydrogens is 444 g/mol. The summed E-state index contributed by atoms with van der Waals surface area (Å²) in [6.07, 6.45) is 3.65. The fourth-order valence-electron chi connectivity index (χ4n) is 4.68. The Labute approximate surface area is 194 Å². The molecule has 0 aliphatic carbocycles. The average molecular weight is 477 g/mol. The van der Waals surface area contributed by atoms with Gasteiger partial charge in [-0.05, 0) is 36.8 Å². The zero-order valence-corrected chi connectivity index (χ0v) is 20.0. The SMILES string of the molecule is CCc1ccc(C2CC(c3nc(CS(C)(=O)=O)no3)CN(C(=O)N3CCC(O)CC3)C2)cc1. The summed E-state index contributed by atoms with van der Waals surface area (Å²) >= 11 is 0. The normalized spacial score (nSPS) is 22.5. The maximum absolute atomic E-state index is 13.3. The Bertz CT molecular complexity index is 1060. The molecule has 2 aromatic rings. The summed E-state index contributed by atoms with van der Waals surface area (Å²) in [5.41, 5.74) is 2.41. The number of sulfone groups is 1. The first-order chi connectivity index (χ1) is 15.7. The highest BCUT2D eigenvalue weighted by molar-refractivity contribution is 7.89. The molecule has 2 amide bonds. The van der Waals surface area contributed by atoms with Crippen molar-refractivity contribution in [3.63, 3.8) is 0 Å². The molecule has 2 saturated heterocycles. The molecule has 4 rings (SSSR count). The number of nitrogens with zero attached hydrogens (tertiary/aromatic N) is 4. The Kier molecular flexibility index (Phi) is 7.04. The van der Waals surface area contributed by atoms with Crippen LogP contribution in [0.5, 0.6) is 0 Å². The highest BCUT2D eigenvalue weighted by atomic mass is 32.2. The largest absolute Gasteiger partial charge is 0.393 e. The number of benzene rings is 1. The number of aliphatic hydroxyl groups is 1. The second-order valence-corrected chi connectivity index (χ2v) is 11.4. The Hall–Kier alpha value is -2.46. The zero-order chi connectivity index (χ0) is 23.6. The number of likely N-dealkylation sites (tertiary alicyclic amines) is 2. The molecule has 3 heterocycles. The number of urea groups is 1. The van der Waals surface area contributed by atoms with Crippen molar-refractivity contribution < 1.29 is 22.8 Å². The second kappa shape index (κ2) is 9.80. The van der Waals surface area contributed by atoms with E-state index in [-0.39, 0.29) is 35.5 Å². The summed E-state index contributed by atoms with van der Waals surface area (Å²) in [5.74, 6) is 0.151. The van der Waals surface area contributed by atoms with Gasteiger partial charge in [0.25, 0.3) is 0 Å². The van der Waals surface area contributed by atoms with Gasteiger partial charge in [-0.3, -0.25) is 0 Å². The maximum atomic E-state index is 13.3. The van der Waals surface area contributed by atoms with Crippen LogP contribution in [0.4, 0.5) is 4.79 Å². The lowest BCUT2D eigenvalue weighted by molar-refractivity contribution is 0.0744. The van der Waals surface area contributed by atoms with E-state index in [0.29, 0.717) is 44.9 Å². The van der Waals surface area contributed by atoms with Crippen molar-refractivity contribution in [2.45, 2.75) is 56.3 Å². The Balaban J connectivity index is 1.57. The van der Waals surface area contributed by atoms with Crippen molar-refractivity contribution in [1.82, 2.24) is 19.9 Å². The van der Waals surface area contributed by atoms with Gasteiger partial charge in [0, 0.05) is 38.4 Å². The molecule has 180 valence electrons. The van der Waals surface area contributed by atoms with Gasteiger partial charge in [0.05, 0.1) is 12.0 Å². The molecule has 2 aliphatic heterocycles. The summed E-state index contributed by atoms with van der Waals surface area (Å²) in [6.45, 7) is 4.21. The molecular formula is C23H32N4O5S. The first-order valence-electron chi connectivity index (χ1n) is 11.5. The van der Waals surface area contributed by atoms with E-state index in [2.05, 4.69) is 41.3 Å². The number of rotatable bonds is 5. The van der Waals surface area contributed by atoms with E-state index in [9.17, 15) is 18.3 Å². The van der Waals surface area contributed by atoms with E-state index < -0.39 is 9.84 Å². The molecule has 0 spiro atoms. The van der Waals surface area contributed by atoms with E-state index >= 15 is 0 Å². The lowest BCUT2D eigenvalue weighted by atomic mass is 9.84. The molecule has 1 N–H and O–H groups in total. The number of aromatic nitrogens is 2. The molecule has 2 fully saturated rings. The number of carbonyl (C=O) groups excluding carboxylic acids is 1. The van der Waals surface area contributed by atoms with E-state index in [1.165, 1.54) is 5.56 Å². The molecule has 9 nitrogen and oxygen atoms in total. The van der Waals surface area contributed by atoms with Crippen LogP contribution in [0.1, 0.15) is 60.9 Å². The van der Waals surface area contributed by atoms with Crippen molar-refractivity contribution >= 4 is 15.9 Å². The van der Waals surface area contributed by atoms with Gasteiger partial charge in [0.2, 0.25) is 5.89 Å². The van der Waals surface area contributed by atoms with E-state index in [1.54, 1.807) is 4.90 Å². The average Bonchev–Trinajstić information content (AvgIpc) is 3.25. The second-order valence-electron chi connectivity index (χ2n) is 9.25. The Morgan fingerprint density at radius 3 is 2.42 bits per heavy atom. The summed E-state index contributed by atoms with van der Waals surface area (Å²) in [5, 5.41) is 13.7. The predicted molar refractivity (Wildman–Crippen MR) is 123 cm³/mol. The van der Waals surface area contributed by atoms with Crippen LogP contribution in [0.2, 0.25) is 0 Å². The summed E-state index contributed by atoms with van der Waals surface area (Å²) in [4.78, 5) is 21.3. The van der Waals surface area contributed by atoms with Gasteiger partial charge in [-0.15, -0.1) is 0 Å². The number of hydrogen-bond donors (Lipinski definition) is 1. The number of amides is 2. The third-order valence-corrected chi connectivity index (χ3v) is 7.32. The summed E-state index contributed by atoms with van der Waals surface area (Å²) in [7, 11) is -3.27. The minimum Gasteiger partial charge on any atom is -0.393 e. The highest BCUT2D eigenvalue weighted by Crippen LogP contribution is 2.36. The number of aryl methyl sites for hydroxylation is 1. The van der Waals surface area contributed by atoms with E-state index in [4.69, 9.17) is 4.52 Å². The van der Waals surface area contributed by atoms with Gasteiger partial charge >= 0.3 is 6.03 Å². The molecule has 2 atom stereocenters. The van der Waals surface area contributed by atoms with Crippen molar-refractivity contribution in [2.24, 2.45) is 0 Å². The van der Waals surface area contributed by atoms with Crippen LogP contribution in [0, 0.1) is 0 Å². The van der Waals surface area contributed by atoms with Gasteiger partial charge in [-0.2, -0.15) is 4.98 Å². The first-order valence-corrected chi connectivity index (χ1v) is 13.6. The van der Waals surface area contributed by atoms with Crippen LogP contribution in [-0.4, -0.2) is 78.0 Å². The van der Waals surface area contributed by atoms with Gasteiger partial charge < -0.3 is 19.4 Å². The number of piperidine rings is 2. The van der Waals surface area contributed by atoms with E-state index in [0.717, 1.165) is 24.7 Å². The Morgan fingerprint density at radius 2 is 1.79 bits per heavy atom. The van der Waals surface area contributed by atoms with Crippen molar-refractivity contribution in [2.75, 3.05) is 32.4 Å². The van der Waals surface area contributed by atoms with Crippen LogP contribution < -0.4 is 0 Å². The predicted octanol–water partition coefficient (Wildman–Crippen LogP) is 2.33. The van der Waals surface area contributed by atoms with Crippen LogP contribution in [-0.2, 0) is 22.0 Å². The third-order valence-electron chi connectivity index (χ3n) is 6.54. The lowest BCUT2D eigenvalue weighted by Gasteiger charge is -2.40. The van der Waals surface area contributed by atoms with Gasteiger partial charge in [-0.25, -0.2) is 13.2 Å². The quantitative estimate of drug-likeness (QED) is 0.704. The van der Waals surface area contributed by atoms with Crippen molar-refractivity contribution in [3.8, 4) is 0 Å². The molecule has 10 heteroatoms. The topological polar surface area (TPSA) is 117 Å². The minimum absolute atomic E-state index is 0.0438. The molecule has 0 radical (unpaired) electrons. The molecule has 2 aliphatic rings. The molecule has 1 aromatic carbocycles. The first kappa shape index (κ1) is 23.7. The standard InChI is InChI=1S/C23H32N4O5S/c1-3-16-4-6-17(7-5-16)18-12-19(22-24-21(25-32-22)15-33(2,30)31)14-27(13-18)23(29)26-10-8-20(28)9-11-26/h4-7,18-20,28H,3,8-15H2,1-2H3. The van der Waals surface area contributed by atoms with Crippen LogP contribution in [0.3, 0.4) is 0 Å². The minimum atomic E-state index is -3.27. The van der Waals surface area contributed by atoms with E-state index in [1.807, 2.05) is 4.90 Å². The fourth-order valence-corrected chi connectivity index (χ4v) is 5.27. The van der Waals surface area contributed by atoms with Gasteiger partial charge in [0.15, 0.2) is 15.7 Å². The zero-order valence-electron chi connectivity index (χ0n) is 19.2. The lowest BCUT2D eigenvalue weighted by Crippen LogP contribution is -2.51. The Morgan fingerprint density at radius 1 is 1.12 bits per heavy atom. The number of aliphatic hydroxyl groups excluding tert-OH is 1. The summed E-state index contributed by atoms with van der Waals surface area (Å²) < 4.78 is 28.7. The summed E-state index contributed by atoms with van der Waals surface area (Å²) in [6, 6.07) is 8.43. The molecule has 1 aromatic heterocycles. The number of carbonyl (C=O) groups is 1. The van der Waals surface area contributed by atoms with Crippen molar-refractivity contribution in [1.29, 1.82) is 0 Å². The third kappa shape index (κ3) is 5.92. The maximum Gasteiger partial charge on any atom is 0.320 e. The van der Waals surface area contributed by atoms with Crippen LogP contribution >= 0.6 is 0 Å². The number of hydrogen-bond acceptors (Lipinski definition) is 7. The van der Waals surface area contributed by atoms with Crippen molar-refractivity contribution in [3.05, 3.63) is 47.1 Å². The molecule has 2 unspecified atom stereocenters.